The highest BCUT2D eigenvalue weighted by molar-refractivity contribution is 7.89. The van der Waals surface area contributed by atoms with E-state index >= 15 is 0 Å². The highest BCUT2D eigenvalue weighted by Gasteiger charge is 2.19. The van der Waals surface area contributed by atoms with Gasteiger partial charge in [-0.1, -0.05) is 24.3 Å². The van der Waals surface area contributed by atoms with Gasteiger partial charge in [0.1, 0.15) is 16.5 Å². The van der Waals surface area contributed by atoms with Crippen molar-refractivity contribution in [3.63, 3.8) is 0 Å². The third-order valence-electron chi connectivity index (χ3n) is 2.95. The van der Waals surface area contributed by atoms with Crippen LogP contribution in [0.25, 0.3) is 0 Å². The summed E-state index contributed by atoms with van der Waals surface area (Å²) in [5.41, 5.74) is 5.38. The molecule has 0 aliphatic rings. The number of sulfonamides is 1. The number of rotatable bonds is 5. The van der Waals surface area contributed by atoms with Crippen molar-refractivity contribution in [3.8, 4) is 0 Å². The molecule has 2 rings (SSSR count). The standard InChI is InChI=1S/C14H14F2N2O2S/c15-11-5-2-1-4-10(11)8-9-18-21(19,20)13-7-3-6-12(16)14(13)17/h1-7,18H,8-9,17H2. The Bertz CT molecular complexity index is 748. The van der Waals surface area contributed by atoms with E-state index in [1.165, 1.54) is 18.2 Å². The number of nitrogen functional groups attached to an aromatic ring is 1. The van der Waals surface area contributed by atoms with Gasteiger partial charge in [-0.25, -0.2) is 21.9 Å². The van der Waals surface area contributed by atoms with Crippen molar-refractivity contribution in [2.45, 2.75) is 11.3 Å². The monoisotopic (exact) mass is 312 g/mol. The van der Waals surface area contributed by atoms with Crippen molar-refractivity contribution in [1.29, 1.82) is 0 Å². The fourth-order valence-corrected chi connectivity index (χ4v) is 3.02. The highest BCUT2D eigenvalue weighted by atomic mass is 32.2. The van der Waals surface area contributed by atoms with Crippen LogP contribution in [0.4, 0.5) is 14.5 Å². The van der Waals surface area contributed by atoms with Crippen LogP contribution in [0.3, 0.4) is 0 Å². The van der Waals surface area contributed by atoms with E-state index in [0.717, 1.165) is 6.07 Å². The molecule has 0 amide bonds. The summed E-state index contributed by atoms with van der Waals surface area (Å²) in [5, 5.41) is 0. The number of nitrogens with two attached hydrogens (primary N) is 1. The third kappa shape index (κ3) is 3.56. The zero-order valence-corrected chi connectivity index (χ0v) is 11.8. The molecule has 0 spiro atoms. The van der Waals surface area contributed by atoms with Crippen LogP contribution in [0.5, 0.6) is 0 Å². The predicted octanol–water partition coefficient (Wildman–Crippen LogP) is 2.07. The molecule has 7 heteroatoms. The fourth-order valence-electron chi connectivity index (χ4n) is 1.85. The number of para-hydroxylation sites is 1. The minimum atomic E-state index is -3.93. The van der Waals surface area contributed by atoms with Crippen molar-refractivity contribution in [2.24, 2.45) is 0 Å². The van der Waals surface area contributed by atoms with Gasteiger partial charge in [-0.3, -0.25) is 0 Å². The first-order valence-electron chi connectivity index (χ1n) is 6.19. The van der Waals surface area contributed by atoms with Gasteiger partial charge in [0.15, 0.2) is 0 Å². The highest BCUT2D eigenvalue weighted by Crippen LogP contribution is 2.20. The molecule has 0 heterocycles. The van der Waals surface area contributed by atoms with Gasteiger partial charge in [0.05, 0.1) is 5.69 Å². The Labute approximate surface area is 121 Å². The summed E-state index contributed by atoms with van der Waals surface area (Å²) >= 11 is 0. The molecular weight excluding hydrogens is 298 g/mol. The zero-order valence-electron chi connectivity index (χ0n) is 11.0. The van der Waals surface area contributed by atoms with Crippen molar-refractivity contribution < 1.29 is 17.2 Å². The van der Waals surface area contributed by atoms with Crippen LogP contribution in [-0.2, 0) is 16.4 Å². The quantitative estimate of drug-likeness (QED) is 0.830. The molecule has 0 bridgehead atoms. The van der Waals surface area contributed by atoms with Crippen LogP contribution in [0.15, 0.2) is 47.4 Å². The minimum absolute atomic E-state index is 0.0147. The SMILES string of the molecule is Nc1c(F)cccc1S(=O)(=O)NCCc1ccccc1F. The number of hydrogen-bond acceptors (Lipinski definition) is 3. The summed E-state index contributed by atoms with van der Waals surface area (Å²) in [5.74, 6) is -1.20. The van der Waals surface area contributed by atoms with Gasteiger partial charge in [0, 0.05) is 6.54 Å². The van der Waals surface area contributed by atoms with Crippen LogP contribution in [0.1, 0.15) is 5.56 Å². The first-order chi connectivity index (χ1) is 9.92. The number of hydrogen-bond donors (Lipinski definition) is 2. The molecule has 0 atom stereocenters. The maximum absolute atomic E-state index is 13.4. The molecule has 0 unspecified atom stereocenters. The van der Waals surface area contributed by atoms with Crippen molar-refractivity contribution in [3.05, 3.63) is 59.7 Å². The molecule has 0 saturated carbocycles. The average molecular weight is 312 g/mol. The van der Waals surface area contributed by atoms with Gasteiger partial charge in [-0.2, -0.15) is 0 Å². The Morgan fingerprint density at radius 3 is 2.38 bits per heavy atom. The molecule has 0 aliphatic carbocycles. The second-order valence-electron chi connectivity index (χ2n) is 4.39. The predicted molar refractivity (Wildman–Crippen MR) is 76.1 cm³/mol. The molecule has 0 fully saturated rings. The van der Waals surface area contributed by atoms with E-state index < -0.39 is 27.3 Å². The Hall–Kier alpha value is -1.99. The van der Waals surface area contributed by atoms with E-state index in [1.54, 1.807) is 18.2 Å². The van der Waals surface area contributed by atoms with Gasteiger partial charge in [0.25, 0.3) is 0 Å². The van der Waals surface area contributed by atoms with Gasteiger partial charge < -0.3 is 5.73 Å². The first-order valence-corrected chi connectivity index (χ1v) is 7.67. The van der Waals surface area contributed by atoms with Gasteiger partial charge >= 0.3 is 0 Å². The van der Waals surface area contributed by atoms with E-state index in [1.807, 2.05) is 0 Å². The second-order valence-corrected chi connectivity index (χ2v) is 6.13. The van der Waals surface area contributed by atoms with Crippen LogP contribution >= 0.6 is 0 Å². The summed E-state index contributed by atoms with van der Waals surface area (Å²) in [6, 6.07) is 9.64. The number of halogens is 2. The molecule has 21 heavy (non-hydrogen) atoms. The van der Waals surface area contributed by atoms with Gasteiger partial charge in [-0.15, -0.1) is 0 Å². The van der Waals surface area contributed by atoms with E-state index in [2.05, 4.69) is 4.72 Å². The lowest BCUT2D eigenvalue weighted by molar-refractivity contribution is 0.575. The molecular formula is C14H14F2N2O2S. The Morgan fingerprint density at radius 2 is 1.67 bits per heavy atom. The molecule has 112 valence electrons. The van der Waals surface area contributed by atoms with Crippen LogP contribution in [-0.4, -0.2) is 15.0 Å². The third-order valence-corrected chi connectivity index (χ3v) is 4.47. The number of nitrogens with one attached hydrogen (secondary N) is 1. The van der Waals surface area contributed by atoms with E-state index in [-0.39, 0.29) is 17.9 Å². The molecule has 0 saturated heterocycles. The molecule has 2 aromatic carbocycles. The molecule has 4 nitrogen and oxygen atoms in total. The van der Waals surface area contributed by atoms with Gasteiger partial charge in [-0.05, 0) is 30.2 Å². The van der Waals surface area contributed by atoms with Crippen LogP contribution in [0, 0.1) is 11.6 Å². The summed E-state index contributed by atoms with van der Waals surface area (Å²) in [7, 11) is -3.93. The normalized spacial score (nSPS) is 11.5. The maximum Gasteiger partial charge on any atom is 0.242 e. The average Bonchev–Trinajstić information content (AvgIpc) is 2.43. The van der Waals surface area contributed by atoms with Crippen LogP contribution < -0.4 is 10.5 Å². The lowest BCUT2D eigenvalue weighted by Gasteiger charge is -2.09. The van der Waals surface area contributed by atoms with E-state index in [0.29, 0.717) is 5.56 Å². The second kappa shape index (κ2) is 6.19. The van der Waals surface area contributed by atoms with E-state index in [4.69, 9.17) is 5.73 Å². The fraction of sp³-hybridized carbons (Fsp3) is 0.143. The summed E-state index contributed by atoms with van der Waals surface area (Å²) in [4.78, 5) is -0.323. The largest absolute Gasteiger partial charge is 0.395 e. The number of anilines is 1. The molecule has 2 aromatic rings. The summed E-state index contributed by atoms with van der Waals surface area (Å²) in [6.07, 6.45) is 0.182. The van der Waals surface area contributed by atoms with Crippen molar-refractivity contribution in [1.82, 2.24) is 4.72 Å². The van der Waals surface area contributed by atoms with E-state index in [9.17, 15) is 17.2 Å². The lowest BCUT2D eigenvalue weighted by atomic mass is 10.1. The lowest BCUT2D eigenvalue weighted by Crippen LogP contribution is -2.27. The first kappa shape index (κ1) is 15.4. The smallest absolute Gasteiger partial charge is 0.242 e. The topological polar surface area (TPSA) is 72.2 Å². The summed E-state index contributed by atoms with van der Waals surface area (Å²) in [6.45, 7) is -0.0147. The maximum atomic E-state index is 13.4. The zero-order chi connectivity index (χ0) is 15.5. The van der Waals surface area contributed by atoms with Crippen molar-refractivity contribution >= 4 is 15.7 Å². The van der Waals surface area contributed by atoms with Crippen LogP contribution in [0.2, 0.25) is 0 Å². The Kier molecular flexibility index (Phi) is 4.54. The Morgan fingerprint density at radius 1 is 1.00 bits per heavy atom. The number of benzene rings is 2. The summed E-state index contributed by atoms with van der Waals surface area (Å²) < 4.78 is 53.0. The Balaban J connectivity index is 2.09. The molecule has 0 aromatic heterocycles. The molecule has 3 N–H and O–H groups in total. The molecule has 0 aliphatic heterocycles. The molecule has 0 radical (unpaired) electrons. The van der Waals surface area contributed by atoms with Gasteiger partial charge in [0.2, 0.25) is 10.0 Å². The van der Waals surface area contributed by atoms with Crippen molar-refractivity contribution in [2.75, 3.05) is 12.3 Å². The minimum Gasteiger partial charge on any atom is -0.395 e.